The van der Waals surface area contributed by atoms with Gasteiger partial charge in [-0.05, 0) is 25.3 Å². The summed E-state index contributed by atoms with van der Waals surface area (Å²) in [6.45, 7) is 0. The van der Waals surface area contributed by atoms with Crippen LogP contribution in [0.3, 0.4) is 0 Å². The molecule has 0 aromatic carbocycles. The highest BCUT2D eigenvalue weighted by Gasteiger charge is 2.23. The second-order valence-corrected chi connectivity index (χ2v) is 4.10. The Kier molecular flexibility index (Phi) is 1.87. The Morgan fingerprint density at radius 1 is 1.33 bits per heavy atom. The van der Waals surface area contributed by atoms with Gasteiger partial charge >= 0.3 is 0 Å². The van der Waals surface area contributed by atoms with Crippen molar-refractivity contribution in [1.29, 1.82) is 0 Å². The minimum atomic E-state index is 0.680. The molecule has 1 saturated carbocycles. The number of rotatable bonds is 2. The van der Waals surface area contributed by atoms with Gasteiger partial charge in [0, 0.05) is 25.4 Å². The summed E-state index contributed by atoms with van der Waals surface area (Å²) in [5.74, 6) is 1.13. The first kappa shape index (κ1) is 8.71. The third kappa shape index (κ3) is 1.28. The highest BCUT2D eigenvalue weighted by molar-refractivity contribution is 5.49. The van der Waals surface area contributed by atoms with Crippen molar-refractivity contribution >= 4 is 11.5 Å². The van der Waals surface area contributed by atoms with Crippen LogP contribution in [-0.2, 0) is 0 Å². The number of aromatic nitrogens is 3. The maximum absolute atomic E-state index is 4.29. The minimum absolute atomic E-state index is 0.680. The van der Waals surface area contributed by atoms with Crippen LogP contribution in [0.2, 0.25) is 0 Å². The topological polar surface area (TPSA) is 33.4 Å². The van der Waals surface area contributed by atoms with Crippen molar-refractivity contribution in [2.75, 3.05) is 11.9 Å². The van der Waals surface area contributed by atoms with Gasteiger partial charge in [-0.2, -0.15) is 9.61 Å². The van der Waals surface area contributed by atoms with Crippen LogP contribution < -0.4 is 4.90 Å². The molecule has 0 bridgehead atoms. The summed E-state index contributed by atoms with van der Waals surface area (Å²) < 4.78 is 1.90. The van der Waals surface area contributed by atoms with Gasteiger partial charge in [0.05, 0.1) is 6.20 Å². The monoisotopic (exact) mass is 202 g/mol. The molecule has 78 valence electrons. The zero-order chi connectivity index (χ0) is 10.3. The normalized spacial score (nSPS) is 16.6. The molecule has 2 aromatic heterocycles. The summed E-state index contributed by atoms with van der Waals surface area (Å²) in [7, 11) is 2.14. The van der Waals surface area contributed by atoms with Crippen LogP contribution in [0.4, 0.5) is 5.82 Å². The SMILES string of the molecule is CN(c1ccnc2ccnn12)C1CCC1. The average molecular weight is 202 g/mol. The molecule has 1 fully saturated rings. The van der Waals surface area contributed by atoms with Crippen molar-refractivity contribution in [3.05, 3.63) is 24.5 Å². The first-order valence-electron chi connectivity index (χ1n) is 5.38. The van der Waals surface area contributed by atoms with Crippen LogP contribution in [0, 0.1) is 0 Å². The maximum Gasteiger partial charge on any atom is 0.157 e. The zero-order valence-corrected chi connectivity index (χ0v) is 8.80. The van der Waals surface area contributed by atoms with Crippen molar-refractivity contribution < 1.29 is 0 Å². The van der Waals surface area contributed by atoms with Crippen LogP contribution >= 0.6 is 0 Å². The van der Waals surface area contributed by atoms with Crippen LogP contribution in [0.25, 0.3) is 5.65 Å². The molecule has 1 aliphatic rings. The fraction of sp³-hybridized carbons (Fsp3) is 0.455. The highest BCUT2D eigenvalue weighted by atomic mass is 15.3. The largest absolute Gasteiger partial charge is 0.357 e. The molecular formula is C11H14N4. The van der Waals surface area contributed by atoms with E-state index in [2.05, 4.69) is 22.0 Å². The smallest absolute Gasteiger partial charge is 0.157 e. The standard InChI is InChI=1S/C11H14N4/c1-14(9-3-2-4-9)11-6-7-12-10-5-8-13-15(10)11/h5-9H,2-4H2,1H3. The molecule has 4 nitrogen and oxygen atoms in total. The summed E-state index contributed by atoms with van der Waals surface area (Å²) in [5.41, 5.74) is 0.915. The average Bonchev–Trinajstić information content (AvgIpc) is 2.61. The second-order valence-electron chi connectivity index (χ2n) is 4.10. The van der Waals surface area contributed by atoms with Crippen LogP contribution in [-0.4, -0.2) is 27.7 Å². The maximum atomic E-state index is 4.29. The van der Waals surface area contributed by atoms with E-state index in [1.807, 2.05) is 22.8 Å². The van der Waals surface area contributed by atoms with Gasteiger partial charge in [-0.1, -0.05) is 0 Å². The zero-order valence-electron chi connectivity index (χ0n) is 8.80. The number of nitrogens with zero attached hydrogens (tertiary/aromatic N) is 4. The van der Waals surface area contributed by atoms with E-state index in [9.17, 15) is 0 Å². The molecule has 0 spiro atoms. The second kappa shape index (κ2) is 3.22. The van der Waals surface area contributed by atoms with Gasteiger partial charge in [0.25, 0.3) is 0 Å². The first-order chi connectivity index (χ1) is 7.36. The molecule has 15 heavy (non-hydrogen) atoms. The third-order valence-corrected chi connectivity index (χ3v) is 3.25. The first-order valence-corrected chi connectivity index (χ1v) is 5.38. The molecule has 0 radical (unpaired) electrons. The lowest BCUT2D eigenvalue weighted by Crippen LogP contribution is -2.38. The summed E-state index contributed by atoms with van der Waals surface area (Å²) in [4.78, 5) is 6.57. The fourth-order valence-electron chi connectivity index (χ4n) is 2.05. The van der Waals surface area contributed by atoms with Crippen molar-refractivity contribution in [3.8, 4) is 0 Å². The molecule has 4 heteroatoms. The minimum Gasteiger partial charge on any atom is -0.357 e. The van der Waals surface area contributed by atoms with Gasteiger partial charge in [0.2, 0.25) is 0 Å². The number of hydrogen-bond acceptors (Lipinski definition) is 3. The molecule has 0 amide bonds. The van der Waals surface area contributed by atoms with Gasteiger partial charge in [-0.25, -0.2) is 4.98 Å². The predicted octanol–water partition coefficient (Wildman–Crippen LogP) is 1.72. The van der Waals surface area contributed by atoms with E-state index in [0.29, 0.717) is 6.04 Å². The van der Waals surface area contributed by atoms with E-state index in [-0.39, 0.29) is 0 Å². The molecule has 0 N–H and O–H groups in total. The summed E-state index contributed by atoms with van der Waals surface area (Å²) in [6.07, 6.45) is 7.58. The van der Waals surface area contributed by atoms with Crippen molar-refractivity contribution in [3.63, 3.8) is 0 Å². The Bertz CT molecular complexity index is 472. The van der Waals surface area contributed by atoms with Gasteiger partial charge < -0.3 is 4.90 Å². The molecule has 2 aromatic rings. The molecule has 0 saturated heterocycles. The summed E-state index contributed by atoms with van der Waals surface area (Å²) in [6, 6.07) is 4.64. The van der Waals surface area contributed by atoms with Gasteiger partial charge in [0.15, 0.2) is 5.65 Å². The summed E-state index contributed by atoms with van der Waals surface area (Å²) >= 11 is 0. The van der Waals surface area contributed by atoms with Crippen LogP contribution in [0.5, 0.6) is 0 Å². The molecule has 0 unspecified atom stereocenters. The van der Waals surface area contributed by atoms with Crippen molar-refractivity contribution in [2.24, 2.45) is 0 Å². The van der Waals surface area contributed by atoms with Gasteiger partial charge in [-0.3, -0.25) is 0 Å². The van der Waals surface area contributed by atoms with E-state index < -0.39 is 0 Å². The molecule has 0 atom stereocenters. The van der Waals surface area contributed by atoms with Crippen molar-refractivity contribution in [1.82, 2.24) is 14.6 Å². The lowest BCUT2D eigenvalue weighted by atomic mass is 9.92. The van der Waals surface area contributed by atoms with E-state index in [4.69, 9.17) is 0 Å². The predicted molar refractivity (Wildman–Crippen MR) is 59.0 cm³/mol. The van der Waals surface area contributed by atoms with Crippen LogP contribution in [0.15, 0.2) is 24.5 Å². The van der Waals surface area contributed by atoms with E-state index >= 15 is 0 Å². The Morgan fingerprint density at radius 2 is 2.20 bits per heavy atom. The summed E-state index contributed by atoms with van der Waals surface area (Å²) in [5, 5.41) is 4.29. The molecular weight excluding hydrogens is 188 g/mol. The lowest BCUT2D eigenvalue weighted by Gasteiger charge is -2.36. The number of hydrogen-bond donors (Lipinski definition) is 0. The Morgan fingerprint density at radius 3 is 2.93 bits per heavy atom. The lowest BCUT2D eigenvalue weighted by molar-refractivity contribution is 0.397. The van der Waals surface area contributed by atoms with E-state index in [1.54, 1.807) is 6.20 Å². The Balaban J connectivity index is 2.05. The fourth-order valence-corrected chi connectivity index (χ4v) is 2.05. The third-order valence-electron chi connectivity index (χ3n) is 3.25. The van der Waals surface area contributed by atoms with E-state index in [1.165, 1.54) is 19.3 Å². The Hall–Kier alpha value is -1.58. The number of anilines is 1. The van der Waals surface area contributed by atoms with Gasteiger partial charge in [0.1, 0.15) is 5.82 Å². The molecule has 2 heterocycles. The van der Waals surface area contributed by atoms with E-state index in [0.717, 1.165) is 11.5 Å². The Labute approximate surface area is 88.5 Å². The quantitative estimate of drug-likeness (QED) is 0.743. The number of fused-ring (bicyclic) bond motifs is 1. The van der Waals surface area contributed by atoms with Crippen molar-refractivity contribution in [2.45, 2.75) is 25.3 Å². The van der Waals surface area contributed by atoms with Crippen LogP contribution in [0.1, 0.15) is 19.3 Å². The molecule has 3 rings (SSSR count). The molecule has 0 aliphatic heterocycles. The molecule has 1 aliphatic carbocycles. The van der Waals surface area contributed by atoms with Gasteiger partial charge in [-0.15, -0.1) is 0 Å². The highest BCUT2D eigenvalue weighted by Crippen LogP contribution is 2.27.